The number of nitrogens with zero attached hydrogens (tertiary/aromatic N) is 2. The van der Waals surface area contributed by atoms with E-state index in [4.69, 9.17) is 11.6 Å². The fourth-order valence-electron chi connectivity index (χ4n) is 4.24. The Kier molecular flexibility index (Phi) is 7.83. The summed E-state index contributed by atoms with van der Waals surface area (Å²) in [6, 6.07) is 13.8. The van der Waals surface area contributed by atoms with Gasteiger partial charge in [-0.3, -0.25) is 14.3 Å². The summed E-state index contributed by atoms with van der Waals surface area (Å²) in [6.07, 6.45) is 1.50. The van der Waals surface area contributed by atoms with Crippen LogP contribution in [-0.2, 0) is 26.0 Å². The van der Waals surface area contributed by atoms with Crippen LogP contribution < -0.4 is 20.3 Å². The molecule has 2 heterocycles. The molecule has 0 radical (unpaired) electrons. The lowest BCUT2D eigenvalue weighted by Gasteiger charge is -2.38. The highest BCUT2D eigenvalue weighted by Crippen LogP contribution is 2.27. The van der Waals surface area contributed by atoms with Crippen molar-refractivity contribution in [3.63, 3.8) is 0 Å². The molecule has 0 aliphatic carbocycles. The first-order valence-corrected chi connectivity index (χ1v) is 13.8. The van der Waals surface area contributed by atoms with Crippen LogP contribution in [0.1, 0.15) is 5.56 Å². The maximum absolute atomic E-state index is 13.5. The monoisotopic (exact) mass is 519 g/mol. The summed E-state index contributed by atoms with van der Waals surface area (Å²) in [4.78, 5) is 30.0. The van der Waals surface area contributed by atoms with E-state index in [0.717, 1.165) is 17.5 Å². The molecule has 11 heteroatoms. The molecule has 0 spiro atoms. The summed E-state index contributed by atoms with van der Waals surface area (Å²) in [5.74, 6) is -0.357. The minimum Gasteiger partial charge on any atom is -0.366 e. The number of carbonyl (C=O) groups excluding carboxylic acids is 2. The molecule has 3 N–H and O–H groups in total. The smallest absolute Gasteiger partial charge is 0.245 e. The number of amides is 2. The average molecular weight is 520 g/mol. The number of anilines is 2. The predicted molar refractivity (Wildman–Crippen MR) is 137 cm³/mol. The number of halogens is 1. The molecule has 0 bridgehead atoms. The van der Waals surface area contributed by atoms with Gasteiger partial charge in [0.2, 0.25) is 21.8 Å². The SMILES string of the molecule is CS(=O)(=O)Nc1ccccc1N1CCN(C(=O)[C@@H](Cc2ccc(Cl)cc2)NC(=O)C2CNC2)CC1. The molecule has 2 saturated heterocycles. The first kappa shape index (κ1) is 25.3. The Hall–Kier alpha value is -2.82. The second kappa shape index (κ2) is 10.8. The number of benzene rings is 2. The second-order valence-electron chi connectivity index (χ2n) is 8.95. The van der Waals surface area contributed by atoms with Crippen LogP contribution in [-0.4, -0.2) is 76.7 Å². The molecule has 9 nitrogen and oxygen atoms in total. The van der Waals surface area contributed by atoms with Crippen molar-refractivity contribution < 1.29 is 18.0 Å². The quantitative estimate of drug-likeness (QED) is 0.485. The number of sulfonamides is 1. The van der Waals surface area contributed by atoms with Gasteiger partial charge in [0.15, 0.2) is 0 Å². The third kappa shape index (κ3) is 6.65. The van der Waals surface area contributed by atoms with E-state index in [1.807, 2.05) is 24.3 Å². The Morgan fingerprint density at radius 3 is 2.31 bits per heavy atom. The number of carbonyl (C=O) groups is 2. The number of rotatable bonds is 8. The highest BCUT2D eigenvalue weighted by Gasteiger charge is 2.33. The van der Waals surface area contributed by atoms with Crippen molar-refractivity contribution >= 4 is 44.8 Å². The fourth-order valence-corrected chi connectivity index (χ4v) is 4.94. The molecule has 2 aromatic carbocycles. The van der Waals surface area contributed by atoms with E-state index in [9.17, 15) is 18.0 Å². The first-order valence-electron chi connectivity index (χ1n) is 11.6. The Balaban J connectivity index is 1.44. The predicted octanol–water partition coefficient (Wildman–Crippen LogP) is 1.31. The van der Waals surface area contributed by atoms with E-state index in [1.54, 1.807) is 29.2 Å². The molecule has 188 valence electrons. The van der Waals surface area contributed by atoms with Crippen LogP contribution in [0.5, 0.6) is 0 Å². The van der Waals surface area contributed by atoms with Gasteiger partial charge in [-0.05, 0) is 29.8 Å². The van der Waals surface area contributed by atoms with Gasteiger partial charge in [-0.15, -0.1) is 0 Å². The lowest BCUT2D eigenvalue weighted by atomic mass is 9.99. The number of hydrogen-bond acceptors (Lipinski definition) is 6. The van der Waals surface area contributed by atoms with E-state index in [2.05, 4.69) is 20.3 Å². The zero-order valence-electron chi connectivity index (χ0n) is 19.5. The van der Waals surface area contributed by atoms with Gasteiger partial charge in [0.25, 0.3) is 0 Å². The van der Waals surface area contributed by atoms with Crippen LogP contribution in [0, 0.1) is 5.92 Å². The average Bonchev–Trinajstić information content (AvgIpc) is 2.78. The molecule has 2 aliphatic heterocycles. The lowest BCUT2D eigenvalue weighted by molar-refractivity contribution is -0.138. The molecule has 35 heavy (non-hydrogen) atoms. The molecule has 2 aliphatic rings. The molecule has 2 fully saturated rings. The van der Waals surface area contributed by atoms with Gasteiger partial charge < -0.3 is 20.4 Å². The Labute approximate surface area is 210 Å². The van der Waals surface area contributed by atoms with Crippen LogP contribution in [0.4, 0.5) is 11.4 Å². The third-order valence-corrected chi connectivity index (χ3v) is 7.09. The summed E-state index contributed by atoms with van der Waals surface area (Å²) < 4.78 is 26.1. The van der Waals surface area contributed by atoms with Gasteiger partial charge in [-0.1, -0.05) is 35.9 Å². The number of piperazine rings is 1. The second-order valence-corrected chi connectivity index (χ2v) is 11.1. The first-order chi connectivity index (χ1) is 16.7. The highest BCUT2D eigenvalue weighted by molar-refractivity contribution is 7.92. The summed E-state index contributed by atoms with van der Waals surface area (Å²) in [5, 5.41) is 6.66. The van der Waals surface area contributed by atoms with E-state index >= 15 is 0 Å². The molecule has 2 amide bonds. The fraction of sp³-hybridized carbons (Fsp3) is 0.417. The summed E-state index contributed by atoms with van der Waals surface area (Å²) >= 11 is 6.00. The van der Waals surface area contributed by atoms with Crippen molar-refractivity contribution in [1.29, 1.82) is 0 Å². The van der Waals surface area contributed by atoms with Crippen molar-refractivity contribution in [3.8, 4) is 0 Å². The zero-order valence-corrected chi connectivity index (χ0v) is 21.1. The van der Waals surface area contributed by atoms with Crippen LogP contribution in [0.2, 0.25) is 5.02 Å². The van der Waals surface area contributed by atoms with E-state index < -0.39 is 16.1 Å². The van der Waals surface area contributed by atoms with Gasteiger partial charge in [0, 0.05) is 50.7 Å². The minimum absolute atomic E-state index is 0.115. The van der Waals surface area contributed by atoms with Crippen LogP contribution >= 0.6 is 11.6 Å². The van der Waals surface area contributed by atoms with E-state index in [-0.39, 0.29) is 17.7 Å². The van der Waals surface area contributed by atoms with Crippen molar-refractivity contribution in [2.45, 2.75) is 12.5 Å². The van der Waals surface area contributed by atoms with Gasteiger partial charge >= 0.3 is 0 Å². The highest BCUT2D eigenvalue weighted by atomic mass is 35.5. The molecule has 4 rings (SSSR count). The van der Waals surface area contributed by atoms with Gasteiger partial charge in [-0.25, -0.2) is 8.42 Å². The van der Waals surface area contributed by atoms with Crippen LogP contribution in [0.25, 0.3) is 0 Å². The largest absolute Gasteiger partial charge is 0.366 e. The molecule has 0 unspecified atom stereocenters. The van der Waals surface area contributed by atoms with Gasteiger partial charge in [0.1, 0.15) is 6.04 Å². The summed E-state index contributed by atoms with van der Waals surface area (Å²) in [7, 11) is -3.42. The Bertz CT molecular complexity index is 1160. The van der Waals surface area contributed by atoms with E-state index in [1.165, 1.54) is 0 Å². The lowest BCUT2D eigenvalue weighted by Crippen LogP contribution is -2.58. The maximum atomic E-state index is 13.5. The molecule has 2 aromatic rings. The molecular weight excluding hydrogens is 490 g/mol. The van der Waals surface area contributed by atoms with Gasteiger partial charge in [-0.2, -0.15) is 0 Å². The Morgan fingerprint density at radius 2 is 1.71 bits per heavy atom. The normalized spacial score (nSPS) is 17.4. The van der Waals surface area contributed by atoms with Crippen molar-refractivity contribution in [2.75, 3.05) is 55.1 Å². The van der Waals surface area contributed by atoms with Crippen LogP contribution in [0.3, 0.4) is 0 Å². The number of hydrogen-bond donors (Lipinski definition) is 3. The number of nitrogens with one attached hydrogen (secondary N) is 3. The molecule has 0 aromatic heterocycles. The molecular formula is C24H30ClN5O4S. The van der Waals surface area contributed by atoms with Crippen molar-refractivity contribution in [1.82, 2.24) is 15.5 Å². The maximum Gasteiger partial charge on any atom is 0.245 e. The van der Waals surface area contributed by atoms with Gasteiger partial charge in [0.05, 0.1) is 23.5 Å². The molecule has 0 saturated carbocycles. The standard InChI is InChI=1S/C24H30ClN5O4S/c1-35(33,34)28-20-4-2-3-5-22(20)29-10-12-30(13-11-29)24(32)21(27-23(31)18-15-26-16-18)14-17-6-8-19(25)9-7-17/h2-9,18,21,26,28H,10-16H2,1H3,(H,27,31)/t21-/m1/s1. The summed E-state index contributed by atoms with van der Waals surface area (Å²) in [5.41, 5.74) is 2.20. The number of para-hydroxylation sites is 2. The van der Waals surface area contributed by atoms with Crippen molar-refractivity contribution in [2.24, 2.45) is 5.92 Å². The third-order valence-electron chi connectivity index (χ3n) is 6.25. The topological polar surface area (TPSA) is 111 Å². The summed E-state index contributed by atoms with van der Waals surface area (Å²) in [6.45, 7) is 3.25. The van der Waals surface area contributed by atoms with Crippen LogP contribution in [0.15, 0.2) is 48.5 Å². The zero-order chi connectivity index (χ0) is 25.0. The van der Waals surface area contributed by atoms with Crippen molar-refractivity contribution in [3.05, 3.63) is 59.1 Å². The Morgan fingerprint density at radius 1 is 1.06 bits per heavy atom. The van der Waals surface area contributed by atoms with E-state index in [0.29, 0.717) is 56.4 Å². The minimum atomic E-state index is -3.42. The molecule has 1 atom stereocenters.